The van der Waals surface area contributed by atoms with E-state index in [-0.39, 0.29) is 29.6 Å². The van der Waals surface area contributed by atoms with Gasteiger partial charge in [0, 0.05) is 37.3 Å². The van der Waals surface area contributed by atoms with Crippen LogP contribution in [0.25, 0.3) is 10.9 Å². The van der Waals surface area contributed by atoms with Crippen molar-refractivity contribution in [2.75, 3.05) is 24.3 Å². The summed E-state index contributed by atoms with van der Waals surface area (Å²) in [6.07, 6.45) is 1.65. The van der Waals surface area contributed by atoms with Crippen molar-refractivity contribution in [1.29, 1.82) is 0 Å². The molecule has 3 rings (SSSR count). The van der Waals surface area contributed by atoms with Crippen molar-refractivity contribution >= 4 is 34.3 Å². The standard InChI is InChI=1S/C19H27N9O2/c1-5-28-16-10(2)6-13(7-12(16)8-23-28)24-18-15(17(21)29)26-27-19(25-18)22-9-14(20)11(3)30-4/h6-8,11,14H,5,9,20H2,1-4H3,(H2,21,29)(H2,22,24,25,27)/t11-,14-/m1/s1. The summed E-state index contributed by atoms with van der Waals surface area (Å²) in [4.78, 5) is 16.2. The third-order valence-electron chi connectivity index (χ3n) is 4.88. The number of hydrogen-bond acceptors (Lipinski definition) is 9. The number of anilines is 3. The number of hydrogen-bond donors (Lipinski definition) is 4. The van der Waals surface area contributed by atoms with Gasteiger partial charge in [0.1, 0.15) is 0 Å². The first-order valence-electron chi connectivity index (χ1n) is 9.64. The fourth-order valence-corrected chi connectivity index (χ4v) is 3.10. The van der Waals surface area contributed by atoms with Gasteiger partial charge in [-0.05, 0) is 38.5 Å². The van der Waals surface area contributed by atoms with Crippen LogP contribution in [-0.2, 0) is 11.3 Å². The number of ether oxygens (including phenoxy) is 1. The van der Waals surface area contributed by atoms with Crippen LogP contribution in [0.2, 0.25) is 0 Å². The van der Waals surface area contributed by atoms with Crippen LogP contribution in [0, 0.1) is 6.92 Å². The van der Waals surface area contributed by atoms with Crippen molar-refractivity contribution in [3.05, 3.63) is 29.6 Å². The van der Waals surface area contributed by atoms with Crippen LogP contribution in [0.5, 0.6) is 0 Å². The molecule has 0 aliphatic rings. The lowest BCUT2D eigenvalue weighted by Gasteiger charge is -2.19. The maximum atomic E-state index is 11.8. The van der Waals surface area contributed by atoms with Crippen molar-refractivity contribution < 1.29 is 9.53 Å². The highest BCUT2D eigenvalue weighted by atomic mass is 16.5. The second-order valence-electron chi connectivity index (χ2n) is 7.00. The largest absolute Gasteiger partial charge is 0.380 e. The SMILES string of the molecule is CCn1ncc2cc(Nc3nc(NC[C@@H](N)[C@@H](C)OC)nnc3C(N)=O)cc(C)c21. The lowest BCUT2D eigenvalue weighted by Crippen LogP contribution is -2.40. The van der Waals surface area contributed by atoms with Gasteiger partial charge in [-0.2, -0.15) is 10.1 Å². The molecule has 0 unspecified atom stereocenters. The molecule has 0 saturated carbocycles. The number of fused-ring (bicyclic) bond motifs is 1. The number of nitrogens with two attached hydrogens (primary N) is 2. The van der Waals surface area contributed by atoms with Crippen molar-refractivity contribution in [1.82, 2.24) is 25.0 Å². The van der Waals surface area contributed by atoms with E-state index in [4.69, 9.17) is 16.2 Å². The van der Waals surface area contributed by atoms with E-state index in [1.165, 1.54) is 0 Å². The van der Waals surface area contributed by atoms with Crippen molar-refractivity contribution in [2.24, 2.45) is 11.5 Å². The smallest absolute Gasteiger partial charge is 0.273 e. The molecule has 160 valence electrons. The number of carbonyl (C=O) groups is 1. The van der Waals surface area contributed by atoms with Gasteiger partial charge in [-0.3, -0.25) is 9.48 Å². The number of nitrogens with zero attached hydrogens (tertiary/aromatic N) is 5. The number of primary amides is 1. The zero-order valence-corrected chi connectivity index (χ0v) is 17.5. The molecule has 1 aromatic carbocycles. The molecule has 0 spiro atoms. The zero-order chi connectivity index (χ0) is 21.8. The fourth-order valence-electron chi connectivity index (χ4n) is 3.10. The minimum absolute atomic E-state index is 0.0582. The highest BCUT2D eigenvalue weighted by molar-refractivity contribution is 5.96. The van der Waals surface area contributed by atoms with Crippen LogP contribution in [0.15, 0.2) is 18.3 Å². The van der Waals surface area contributed by atoms with Crippen molar-refractivity contribution in [2.45, 2.75) is 39.5 Å². The Balaban J connectivity index is 1.88. The number of amides is 1. The summed E-state index contributed by atoms with van der Waals surface area (Å²) in [5.74, 6) is -0.307. The number of carbonyl (C=O) groups excluding carboxylic acids is 1. The molecular weight excluding hydrogens is 386 g/mol. The van der Waals surface area contributed by atoms with Crippen LogP contribution < -0.4 is 22.1 Å². The lowest BCUT2D eigenvalue weighted by atomic mass is 10.1. The van der Waals surface area contributed by atoms with Gasteiger partial charge in [0.05, 0.1) is 17.8 Å². The van der Waals surface area contributed by atoms with E-state index < -0.39 is 5.91 Å². The molecule has 0 bridgehead atoms. The number of rotatable bonds is 9. The fraction of sp³-hybridized carbons (Fsp3) is 0.421. The van der Waals surface area contributed by atoms with Gasteiger partial charge in [-0.15, -0.1) is 10.2 Å². The van der Waals surface area contributed by atoms with Gasteiger partial charge >= 0.3 is 0 Å². The normalized spacial score (nSPS) is 13.2. The average Bonchev–Trinajstić information content (AvgIpc) is 3.14. The number of benzene rings is 1. The molecule has 2 heterocycles. The van der Waals surface area contributed by atoms with E-state index in [1.807, 2.05) is 37.6 Å². The quantitative estimate of drug-likeness (QED) is 0.404. The molecule has 3 aromatic rings. The highest BCUT2D eigenvalue weighted by Crippen LogP contribution is 2.26. The summed E-state index contributed by atoms with van der Waals surface area (Å²) in [5.41, 5.74) is 14.3. The van der Waals surface area contributed by atoms with Crippen molar-refractivity contribution in [3.63, 3.8) is 0 Å². The van der Waals surface area contributed by atoms with Crippen molar-refractivity contribution in [3.8, 4) is 0 Å². The van der Waals surface area contributed by atoms with Crippen LogP contribution in [0.3, 0.4) is 0 Å². The molecule has 0 radical (unpaired) electrons. The van der Waals surface area contributed by atoms with Gasteiger partial charge in [0.2, 0.25) is 5.95 Å². The molecule has 2 aromatic heterocycles. The Labute approximate surface area is 174 Å². The van der Waals surface area contributed by atoms with Gasteiger partial charge < -0.3 is 26.8 Å². The van der Waals surface area contributed by atoms with Crippen LogP contribution in [0.1, 0.15) is 29.9 Å². The molecule has 6 N–H and O–H groups in total. The van der Waals surface area contributed by atoms with Gasteiger partial charge in [0.15, 0.2) is 11.5 Å². The summed E-state index contributed by atoms with van der Waals surface area (Å²) in [5, 5.41) is 19.3. The molecule has 0 fully saturated rings. The Hall–Kier alpha value is -3.31. The second-order valence-corrected chi connectivity index (χ2v) is 7.00. The summed E-state index contributed by atoms with van der Waals surface area (Å²) in [6, 6.07) is 3.61. The van der Waals surface area contributed by atoms with E-state index in [0.717, 1.165) is 28.7 Å². The van der Waals surface area contributed by atoms with Gasteiger partial charge in [-0.25, -0.2) is 0 Å². The van der Waals surface area contributed by atoms with E-state index in [0.29, 0.717) is 6.54 Å². The number of methoxy groups -OCH3 is 1. The molecule has 2 atom stereocenters. The number of nitrogens with one attached hydrogen (secondary N) is 2. The summed E-state index contributed by atoms with van der Waals surface area (Å²) < 4.78 is 7.14. The second kappa shape index (κ2) is 9.01. The zero-order valence-electron chi connectivity index (χ0n) is 17.5. The van der Waals surface area contributed by atoms with Crippen LogP contribution in [-0.4, -0.2) is 56.7 Å². The third kappa shape index (κ3) is 4.47. The molecule has 1 amide bonds. The maximum Gasteiger partial charge on any atom is 0.273 e. The van der Waals surface area contributed by atoms with Gasteiger partial charge in [-0.1, -0.05) is 0 Å². The molecule has 11 nitrogen and oxygen atoms in total. The van der Waals surface area contributed by atoms with E-state index in [1.54, 1.807) is 13.3 Å². The Morgan fingerprint density at radius 2 is 2.10 bits per heavy atom. The summed E-state index contributed by atoms with van der Waals surface area (Å²) >= 11 is 0. The topological polar surface area (TPSA) is 159 Å². The molecular formula is C19H27N9O2. The molecule has 0 saturated heterocycles. The number of aromatic nitrogens is 5. The highest BCUT2D eigenvalue weighted by Gasteiger charge is 2.17. The molecule has 0 aliphatic carbocycles. The Bertz CT molecular complexity index is 1050. The Morgan fingerprint density at radius 3 is 2.77 bits per heavy atom. The van der Waals surface area contributed by atoms with Crippen LogP contribution >= 0.6 is 0 Å². The lowest BCUT2D eigenvalue weighted by molar-refractivity contribution is 0.0989. The minimum Gasteiger partial charge on any atom is -0.380 e. The average molecular weight is 413 g/mol. The van der Waals surface area contributed by atoms with Gasteiger partial charge in [0.25, 0.3) is 5.91 Å². The first-order chi connectivity index (χ1) is 14.3. The molecule has 0 aliphatic heterocycles. The number of aryl methyl sites for hydroxylation is 2. The molecule has 11 heteroatoms. The van der Waals surface area contributed by atoms with E-state index in [2.05, 4.69) is 30.9 Å². The predicted octanol–water partition coefficient (Wildman–Crippen LogP) is 1.17. The monoisotopic (exact) mass is 413 g/mol. The predicted molar refractivity (Wildman–Crippen MR) is 115 cm³/mol. The minimum atomic E-state index is -0.731. The first-order valence-corrected chi connectivity index (χ1v) is 9.64. The first kappa shape index (κ1) is 21.4. The van der Waals surface area contributed by atoms with E-state index >= 15 is 0 Å². The summed E-state index contributed by atoms with van der Waals surface area (Å²) in [7, 11) is 1.59. The maximum absolute atomic E-state index is 11.8. The molecule has 30 heavy (non-hydrogen) atoms. The van der Waals surface area contributed by atoms with E-state index in [9.17, 15) is 4.79 Å². The third-order valence-corrected chi connectivity index (χ3v) is 4.88. The van der Waals surface area contributed by atoms with Crippen LogP contribution in [0.4, 0.5) is 17.5 Å². The Morgan fingerprint density at radius 1 is 1.33 bits per heavy atom. The Kier molecular flexibility index (Phi) is 6.43. The summed E-state index contributed by atoms with van der Waals surface area (Å²) in [6.45, 7) is 7.05.